The summed E-state index contributed by atoms with van der Waals surface area (Å²) in [6.45, 7) is 15.7. The highest BCUT2D eigenvalue weighted by molar-refractivity contribution is 5.88. The molecule has 0 spiro atoms. The van der Waals surface area contributed by atoms with Gasteiger partial charge in [-0.05, 0) is 83.3 Å². The molecule has 1 aliphatic carbocycles. The molecule has 254 valence electrons. The van der Waals surface area contributed by atoms with E-state index in [0.29, 0.717) is 11.1 Å². The van der Waals surface area contributed by atoms with Crippen LogP contribution in [0.3, 0.4) is 0 Å². The molecule has 49 heavy (non-hydrogen) atoms. The van der Waals surface area contributed by atoms with E-state index in [9.17, 15) is 9.59 Å². The van der Waals surface area contributed by atoms with Crippen LogP contribution >= 0.6 is 0 Å². The third-order valence-electron chi connectivity index (χ3n) is 8.82. The van der Waals surface area contributed by atoms with Crippen molar-refractivity contribution in [1.29, 1.82) is 0 Å². The number of aryl methyl sites for hydroxylation is 2. The van der Waals surface area contributed by atoms with Gasteiger partial charge in [-0.1, -0.05) is 113 Å². The van der Waals surface area contributed by atoms with Crippen LogP contribution in [0.15, 0.2) is 109 Å². The lowest BCUT2D eigenvalue weighted by atomic mass is 9.67. The summed E-state index contributed by atoms with van der Waals surface area (Å²) in [6.07, 6.45) is 3.55. The predicted octanol–water partition coefficient (Wildman–Crippen LogP) is 8.95. The van der Waals surface area contributed by atoms with E-state index >= 15 is 0 Å². The monoisotopic (exact) mass is 658 g/mol. The summed E-state index contributed by atoms with van der Waals surface area (Å²) in [7, 11) is 0. The summed E-state index contributed by atoms with van der Waals surface area (Å²) in [5.74, 6) is 0.737. The molecule has 0 unspecified atom stereocenters. The zero-order valence-electron chi connectivity index (χ0n) is 29.1. The number of rotatable bonds is 16. The minimum Gasteiger partial charge on any atom is -0.490 e. The Hall–Kier alpha value is -5.10. The fraction of sp³-hybridized carbons (Fsp3) is 0.302. The van der Waals surface area contributed by atoms with Gasteiger partial charge in [0.25, 0.3) is 0 Å². The van der Waals surface area contributed by atoms with Gasteiger partial charge in [-0.3, -0.25) is 0 Å². The molecule has 4 aromatic rings. The van der Waals surface area contributed by atoms with Crippen LogP contribution in [0.5, 0.6) is 11.5 Å². The number of fused-ring (bicyclic) bond motifs is 3. The number of hydrogen-bond donors (Lipinski definition) is 0. The number of carbonyl (C=O) groups excluding carboxylic acids is 2. The van der Waals surface area contributed by atoms with Crippen molar-refractivity contribution in [3.63, 3.8) is 0 Å². The molecule has 0 aromatic heterocycles. The van der Waals surface area contributed by atoms with Gasteiger partial charge in [0, 0.05) is 11.1 Å². The minimum absolute atomic E-state index is 0.147. The Kier molecular flexibility index (Phi) is 11.4. The van der Waals surface area contributed by atoms with Crippen LogP contribution in [0, 0.1) is 0 Å². The van der Waals surface area contributed by atoms with Crippen LogP contribution in [-0.4, -0.2) is 38.4 Å². The van der Waals surface area contributed by atoms with Crippen molar-refractivity contribution in [2.45, 2.75) is 58.8 Å². The third-order valence-corrected chi connectivity index (χ3v) is 8.82. The Morgan fingerprint density at radius 2 is 1.00 bits per heavy atom. The zero-order chi connectivity index (χ0) is 35.0. The van der Waals surface area contributed by atoms with Gasteiger partial charge in [-0.15, -0.1) is 0 Å². The van der Waals surface area contributed by atoms with E-state index in [0.717, 1.165) is 59.4 Å². The molecule has 0 fully saturated rings. The van der Waals surface area contributed by atoms with E-state index in [2.05, 4.69) is 112 Å². The van der Waals surface area contributed by atoms with Crippen LogP contribution in [0.25, 0.3) is 11.1 Å². The van der Waals surface area contributed by atoms with E-state index in [1.807, 2.05) is 0 Å². The molecule has 0 aliphatic heterocycles. The van der Waals surface area contributed by atoms with Crippen LogP contribution in [0.1, 0.15) is 73.9 Å². The van der Waals surface area contributed by atoms with Gasteiger partial charge in [0.05, 0.1) is 5.41 Å². The Balaban J connectivity index is 1.59. The first-order valence-electron chi connectivity index (χ1n) is 17.1. The molecule has 0 heterocycles. The summed E-state index contributed by atoms with van der Waals surface area (Å²) in [4.78, 5) is 23.8. The minimum atomic E-state index is -0.594. The van der Waals surface area contributed by atoms with Crippen LogP contribution < -0.4 is 9.47 Å². The molecular weight excluding hydrogens is 612 g/mol. The first-order chi connectivity index (χ1) is 23.7. The average molecular weight is 659 g/mol. The van der Waals surface area contributed by atoms with Crippen molar-refractivity contribution in [1.82, 2.24) is 0 Å². The van der Waals surface area contributed by atoms with Crippen molar-refractivity contribution < 1.29 is 28.5 Å². The van der Waals surface area contributed by atoms with Crippen LogP contribution in [0.2, 0.25) is 0 Å². The van der Waals surface area contributed by atoms with E-state index < -0.39 is 17.4 Å². The van der Waals surface area contributed by atoms with Crippen molar-refractivity contribution in [2.75, 3.05) is 26.4 Å². The highest BCUT2D eigenvalue weighted by atomic mass is 16.6. The Morgan fingerprint density at radius 1 is 0.592 bits per heavy atom. The topological polar surface area (TPSA) is 71.1 Å². The molecule has 6 heteroatoms. The van der Waals surface area contributed by atoms with Gasteiger partial charge in [-0.2, -0.15) is 0 Å². The highest BCUT2D eigenvalue weighted by Gasteiger charge is 2.46. The maximum Gasteiger partial charge on any atom is 0.333 e. The molecule has 0 saturated carbocycles. The summed E-state index contributed by atoms with van der Waals surface area (Å²) in [5.41, 5.74) is 9.52. The predicted molar refractivity (Wildman–Crippen MR) is 194 cm³/mol. The van der Waals surface area contributed by atoms with E-state index in [4.69, 9.17) is 18.9 Å². The van der Waals surface area contributed by atoms with Crippen LogP contribution in [0.4, 0.5) is 0 Å². The van der Waals surface area contributed by atoms with Crippen LogP contribution in [-0.2, 0) is 37.3 Å². The molecule has 4 aromatic carbocycles. The summed E-state index contributed by atoms with van der Waals surface area (Å²) < 4.78 is 22.9. The lowest BCUT2D eigenvalue weighted by molar-refractivity contribution is -0.140. The van der Waals surface area contributed by atoms with E-state index in [1.165, 1.54) is 22.3 Å². The van der Waals surface area contributed by atoms with Gasteiger partial charge in [0.2, 0.25) is 0 Å². The first kappa shape index (κ1) is 35.2. The number of ether oxygens (including phenoxy) is 4. The number of carbonyl (C=O) groups is 2. The molecule has 0 bridgehead atoms. The Labute approximate surface area is 290 Å². The zero-order valence-corrected chi connectivity index (χ0v) is 29.1. The highest BCUT2D eigenvalue weighted by Crippen LogP contribution is 2.56. The average Bonchev–Trinajstić information content (AvgIpc) is 3.40. The summed E-state index contributed by atoms with van der Waals surface area (Å²) in [6, 6.07) is 30.4. The van der Waals surface area contributed by atoms with Gasteiger partial charge >= 0.3 is 11.9 Å². The first-order valence-corrected chi connectivity index (χ1v) is 17.1. The van der Waals surface area contributed by atoms with Gasteiger partial charge in [0.15, 0.2) is 0 Å². The third kappa shape index (κ3) is 7.34. The van der Waals surface area contributed by atoms with Crippen molar-refractivity contribution >= 4 is 11.9 Å². The van der Waals surface area contributed by atoms with Crippen molar-refractivity contribution in [3.05, 3.63) is 143 Å². The van der Waals surface area contributed by atoms with E-state index in [-0.39, 0.29) is 26.4 Å². The number of benzene rings is 4. The summed E-state index contributed by atoms with van der Waals surface area (Å²) in [5, 5.41) is 0. The standard InChI is InChI=1S/C43H46O6/c1-7-13-31-27-33(19-21-39(31)46-23-25-48-41(44)29(3)4)43(37-17-11-9-15-35(37)36-16-10-12-18-38(36)43)34-20-22-40(32(28-34)14-8-2)47-24-26-49-42(45)30(5)6/h9-12,15-22,27-28H,3,5,7-8,13-14,23-26H2,1-2,4,6H3. The molecule has 0 atom stereocenters. The molecule has 0 amide bonds. The number of hydrogen-bond acceptors (Lipinski definition) is 6. The molecular formula is C43H46O6. The molecule has 6 nitrogen and oxygen atoms in total. The second-order valence-electron chi connectivity index (χ2n) is 12.5. The molecule has 0 radical (unpaired) electrons. The van der Waals surface area contributed by atoms with Gasteiger partial charge < -0.3 is 18.9 Å². The molecule has 1 aliphatic rings. The Morgan fingerprint density at radius 3 is 1.39 bits per heavy atom. The van der Waals surface area contributed by atoms with Gasteiger partial charge in [-0.25, -0.2) is 9.59 Å². The fourth-order valence-corrected chi connectivity index (χ4v) is 6.68. The van der Waals surface area contributed by atoms with E-state index in [1.54, 1.807) is 13.8 Å². The van der Waals surface area contributed by atoms with Crippen molar-refractivity contribution in [2.24, 2.45) is 0 Å². The van der Waals surface area contributed by atoms with Gasteiger partial charge in [0.1, 0.15) is 37.9 Å². The SMILES string of the molecule is C=C(C)C(=O)OCCOc1ccc(C2(c3ccc(OCCOC(=O)C(=C)C)c(CCC)c3)c3ccccc3-c3ccccc32)cc1CCC. The second kappa shape index (κ2) is 15.9. The van der Waals surface area contributed by atoms with Crippen molar-refractivity contribution in [3.8, 4) is 22.6 Å². The molecule has 5 rings (SSSR count). The lowest BCUT2D eigenvalue weighted by Crippen LogP contribution is -2.29. The maximum absolute atomic E-state index is 11.9. The fourth-order valence-electron chi connectivity index (χ4n) is 6.68. The smallest absolute Gasteiger partial charge is 0.333 e. The maximum atomic E-state index is 11.9. The lowest BCUT2D eigenvalue weighted by Gasteiger charge is -2.35. The number of esters is 2. The summed E-state index contributed by atoms with van der Waals surface area (Å²) >= 11 is 0. The quantitative estimate of drug-likeness (QED) is 0.0599. The molecule has 0 N–H and O–H groups in total. The normalized spacial score (nSPS) is 12.4. The molecule has 0 saturated heterocycles. The Bertz CT molecular complexity index is 1720. The largest absolute Gasteiger partial charge is 0.490 e. The second-order valence-corrected chi connectivity index (χ2v) is 12.5.